The maximum atomic E-state index is 13.8. The molecule has 52 heavy (non-hydrogen) atoms. The van der Waals surface area contributed by atoms with Crippen molar-refractivity contribution < 1.29 is 33.4 Å². The molecule has 2 heterocycles. The lowest BCUT2D eigenvalue weighted by Gasteiger charge is -2.22. The molecule has 0 fully saturated rings. The summed E-state index contributed by atoms with van der Waals surface area (Å²) >= 11 is 0. The van der Waals surface area contributed by atoms with Gasteiger partial charge in [0.25, 0.3) is 5.91 Å². The summed E-state index contributed by atoms with van der Waals surface area (Å²) < 4.78 is 17.4. The summed E-state index contributed by atoms with van der Waals surface area (Å²) in [6.07, 6.45) is 4.51. The van der Waals surface area contributed by atoms with Crippen LogP contribution in [0.5, 0.6) is 0 Å². The molecular weight excluding hydrogens is 666 g/mol. The van der Waals surface area contributed by atoms with Crippen LogP contribution in [0.2, 0.25) is 0 Å². The number of carbonyl (C=O) groups excluding carboxylic acids is 4. The number of aromatic nitrogens is 3. The SMILES string of the molecule is CCCCCCOC(=O)/N=C(/N)c1ccc(NCc2nc3cc(C(=O)N(CCC(=O)OC(C)OC(=O)CCC)c4ccccn4)ccc3n2C)cc1. The number of rotatable bonds is 18. The quantitative estimate of drug-likeness (QED) is 0.0390. The maximum absolute atomic E-state index is 13.8. The van der Waals surface area contributed by atoms with Crippen molar-refractivity contribution in [2.45, 2.75) is 78.6 Å². The third-order valence-electron chi connectivity index (χ3n) is 8.05. The van der Waals surface area contributed by atoms with Crippen molar-refractivity contribution in [3.8, 4) is 0 Å². The van der Waals surface area contributed by atoms with Gasteiger partial charge in [-0.2, -0.15) is 4.99 Å². The second-order valence-corrected chi connectivity index (χ2v) is 12.1. The van der Waals surface area contributed by atoms with Crippen LogP contribution >= 0.6 is 0 Å². The van der Waals surface area contributed by atoms with Crippen LogP contribution in [0.15, 0.2) is 71.9 Å². The van der Waals surface area contributed by atoms with Crippen LogP contribution in [0.4, 0.5) is 16.3 Å². The number of amides is 2. The van der Waals surface area contributed by atoms with E-state index in [1.54, 1.807) is 48.7 Å². The fraction of sp³-hybridized carbons (Fsp3) is 0.395. The highest BCUT2D eigenvalue weighted by Gasteiger charge is 2.23. The van der Waals surface area contributed by atoms with E-state index in [-0.39, 0.29) is 31.1 Å². The lowest BCUT2D eigenvalue weighted by Crippen LogP contribution is -2.34. The average Bonchev–Trinajstić information content (AvgIpc) is 3.45. The summed E-state index contributed by atoms with van der Waals surface area (Å²) in [5, 5.41) is 3.34. The number of hydrogen-bond donors (Lipinski definition) is 2. The smallest absolute Gasteiger partial charge is 0.435 e. The number of unbranched alkanes of at least 4 members (excludes halogenated alkanes) is 3. The number of nitrogens with zero attached hydrogens (tertiary/aromatic N) is 5. The Morgan fingerprint density at radius 2 is 1.65 bits per heavy atom. The molecule has 276 valence electrons. The van der Waals surface area contributed by atoms with Crippen LogP contribution in [-0.2, 0) is 37.4 Å². The maximum Gasteiger partial charge on any atom is 0.435 e. The van der Waals surface area contributed by atoms with Crippen molar-refractivity contribution in [2.75, 3.05) is 23.4 Å². The number of aryl methyl sites for hydroxylation is 1. The first-order valence-corrected chi connectivity index (χ1v) is 17.5. The molecule has 4 aromatic rings. The molecule has 4 rings (SSSR count). The molecule has 3 N–H and O–H groups in total. The molecule has 0 saturated carbocycles. The number of carbonyl (C=O) groups is 4. The lowest BCUT2D eigenvalue weighted by atomic mass is 10.1. The molecule has 0 aliphatic heterocycles. The Labute approximate surface area is 303 Å². The van der Waals surface area contributed by atoms with Crippen LogP contribution < -0.4 is 16.0 Å². The summed E-state index contributed by atoms with van der Waals surface area (Å²) in [4.78, 5) is 64.5. The molecule has 0 aliphatic carbocycles. The standard InChI is InChI=1S/C38H47N7O7/c1-5-7-8-11-23-50-38(49)43-36(39)27-14-17-29(18-15-27)41-25-33-42-30-24-28(16-19-31(30)44(33)4)37(48)45(32-13-9-10-21-40-32)22-20-35(47)52-26(3)51-34(46)12-6-2/h9-10,13-19,21,24,26,41H,5-8,11-12,20,22-23,25H2,1-4H3,(H2,39,43,49). The Bertz CT molecular complexity index is 1840. The second-order valence-electron chi connectivity index (χ2n) is 12.1. The van der Waals surface area contributed by atoms with Crippen molar-refractivity contribution in [1.82, 2.24) is 14.5 Å². The largest absolute Gasteiger partial charge is 0.448 e. The molecule has 2 aromatic heterocycles. The van der Waals surface area contributed by atoms with E-state index in [2.05, 4.69) is 22.2 Å². The van der Waals surface area contributed by atoms with Crippen molar-refractivity contribution in [2.24, 2.45) is 17.8 Å². The Balaban J connectivity index is 1.39. The van der Waals surface area contributed by atoms with Gasteiger partial charge in [0, 0.05) is 49.9 Å². The summed E-state index contributed by atoms with van der Waals surface area (Å²) in [6.45, 7) is 6.13. The zero-order valence-electron chi connectivity index (χ0n) is 30.2. The van der Waals surface area contributed by atoms with E-state index in [4.69, 9.17) is 24.9 Å². The van der Waals surface area contributed by atoms with Gasteiger partial charge >= 0.3 is 18.0 Å². The molecule has 0 bridgehead atoms. The summed E-state index contributed by atoms with van der Waals surface area (Å²) in [6, 6.07) is 17.6. The molecule has 0 spiro atoms. The van der Waals surface area contributed by atoms with Gasteiger partial charge in [-0.25, -0.2) is 14.8 Å². The van der Waals surface area contributed by atoms with E-state index < -0.39 is 24.3 Å². The number of aliphatic imine (C=N–C) groups is 1. The Morgan fingerprint density at radius 1 is 0.923 bits per heavy atom. The van der Waals surface area contributed by atoms with Gasteiger partial charge < -0.3 is 29.8 Å². The van der Waals surface area contributed by atoms with Crippen LogP contribution in [0, 0.1) is 0 Å². The van der Waals surface area contributed by atoms with E-state index in [1.807, 2.05) is 36.7 Å². The molecule has 14 heteroatoms. The fourth-order valence-corrected chi connectivity index (χ4v) is 5.27. The minimum absolute atomic E-state index is 0.0146. The van der Waals surface area contributed by atoms with Gasteiger partial charge in [0.2, 0.25) is 6.29 Å². The van der Waals surface area contributed by atoms with E-state index in [9.17, 15) is 19.2 Å². The number of hydrogen-bond acceptors (Lipinski definition) is 10. The highest BCUT2D eigenvalue weighted by atomic mass is 16.7. The first-order valence-electron chi connectivity index (χ1n) is 17.5. The van der Waals surface area contributed by atoms with Gasteiger partial charge in [0.15, 0.2) is 0 Å². The van der Waals surface area contributed by atoms with E-state index in [1.165, 1.54) is 11.8 Å². The number of anilines is 2. The molecule has 2 amide bonds. The van der Waals surface area contributed by atoms with Crippen LogP contribution in [0.25, 0.3) is 11.0 Å². The zero-order valence-corrected chi connectivity index (χ0v) is 30.2. The highest BCUT2D eigenvalue weighted by molar-refractivity contribution is 6.07. The second kappa shape index (κ2) is 19.6. The molecule has 0 aliphatic rings. The highest BCUT2D eigenvalue weighted by Crippen LogP contribution is 2.22. The van der Waals surface area contributed by atoms with E-state index in [0.717, 1.165) is 42.7 Å². The fourth-order valence-electron chi connectivity index (χ4n) is 5.27. The van der Waals surface area contributed by atoms with Gasteiger partial charge in [0.05, 0.1) is 30.6 Å². The minimum atomic E-state index is -1.04. The van der Waals surface area contributed by atoms with Gasteiger partial charge in [-0.3, -0.25) is 19.3 Å². The Morgan fingerprint density at radius 3 is 2.35 bits per heavy atom. The van der Waals surface area contributed by atoms with Crippen molar-refractivity contribution in [3.63, 3.8) is 0 Å². The van der Waals surface area contributed by atoms with Crippen molar-refractivity contribution in [3.05, 3.63) is 83.8 Å². The number of nitrogens with one attached hydrogen (secondary N) is 1. The van der Waals surface area contributed by atoms with Crippen molar-refractivity contribution >= 4 is 52.3 Å². The first-order chi connectivity index (χ1) is 25.1. The Kier molecular flexibility index (Phi) is 14.7. The van der Waals surface area contributed by atoms with E-state index in [0.29, 0.717) is 42.0 Å². The number of amidine groups is 1. The molecule has 2 aromatic carbocycles. The zero-order chi connectivity index (χ0) is 37.5. The van der Waals surface area contributed by atoms with Crippen molar-refractivity contribution in [1.29, 1.82) is 0 Å². The number of pyridine rings is 1. The third kappa shape index (κ3) is 11.4. The monoisotopic (exact) mass is 713 g/mol. The summed E-state index contributed by atoms with van der Waals surface area (Å²) in [5.41, 5.74) is 9.22. The lowest BCUT2D eigenvalue weighted by molar-refractivity contribution is -0.184. The third-order valence-corrected chi connectivity index (χ3v) is 8.05. The van der Waals surface area contributed by atoms with Crippen LogP contribution in [-0.4, -0.2) is 63.8 Å². The number of nitrogens with two attached hydrogens (primary N) is 1. The van der Waals surface area contributed by atoms with Crippen LogP contribution in [0.1, 0.15) is 87.5 Å². The van der Waals surface area contributed by atoms with E-state index >= 15 is 0 Å². The number of esters is 2. The average molecular weight is 714 g/mol. The summed E-state index contributed by atoms with van der Waals surface area (Å²) in [5.74, 6) is -0.277. The number of imidazole rings is 1. The molecule has 1 unspecified atom stereocenters. The molecule has 14 nitrogen and oxygen atoms in total. The van der Waals surface area contributed by atoms with Gasteiger partial charge in [-0.15, -0.1) is 0 Å². The number of ether oxygens (including phenoxy) is 3. The minimum Gasteiger partial charge on any atom is -0.448 e. The Hall–Kier alpha value is -5.79. The number of fused-ring (bicyclic) bond motifs is 1. The molecule has 0 saturated heterocycles. The first kappa shape index (κ1) is 39.0. The predicted octanol–water partition coefficient (Wildman–Crippen LogP) is 6.27. The molecule has 0 radical (unpaired) electrons. The van der Waals surface area contributed by atoms with Gasteiger partial charge in [0.1, 0.15) is 17.5 Å². The van der Waals surface area contributed by atoms with Gasteiger partial charge in [-0.05, 0) is 67.4 Å². The number of benzene rings is 2. The van der Waals surface area contributed by atoms with Gasteiger partial charge in [-0.1, -0.05) is 39.2 Å². The molecule has 1 atom stereocenters. The molecular formula is C38H47N7O7. The normalized spacial score (nSPS) is 11.9. The van der Waals surface area contributed by atoms with Crippen LogP contribution in [0.3, 0.4) is 0 Å². The summed E-state index contributed by atoms with van der Waals surface area (Å²) in [7, 11) is 1.89. The predicted molar refractivity (Wildman–Crippen MR) is 198 cm³/mol. The topological polar surface area (TPSA) is 180 Å².